The maximum Gasteiger partial charge on any atom is -1.00 e. The van der Waals surface area contributed by atoms with Gasteiger partial charge in [-0.1, -0.05) is 0 Å². The first-order chi connectivity index (χ1) is 12.9. The molecule has 0 spiro atoms. The number of hydrogen-bond acceptors (Lipinski definition) is 0. The topological polar surface area (TPSA) is 0 Å². The van der Waals surface area contributed by atoms with Gasteiger partial charge >= 0.3 is 174 Å². The molecule has 0 saturated carbocycles. The van der Waals surface area contributed by atoms with Crippen LogP contribution in [0.5, 0.6) is 0 Å². The van der Waals surface area contributed by atoms with Crippen molar-refractivity contribution in [3.8, 4) is 0 Å². The number of allylic oxidation sites excluding steroid dienone is 2. The molecule has 0 saturated heterocycles. The number of aryl methyl sites for hydroxylation is 4. The minimum absolute atomic E-state index is 0. The molecule has 2 aromatic carbocycles. The van der Waals surface area contributed by atoms with Crippen LogP contribution in [0.3, 0.4) is 0 Å². The van der Waals surface area contributed by atoms with Crippen molar-refractivity contribution >= 4 is 19.8 Å². The van der Waals surface area contributed by atoms with E-state index < -0.39 is 14.0 Å². The van der Waals surface area contributed by atoms with Crippen molar-refractivity contribution in [2.24, 2.45) is 0 Å². The zero-order valence-corrected chi connectivity index (χ0v) is 24.1. The summed E-state index contributed by atoms with van der Waals surface area (Å²) in [4.78, 5) is 0. The van der Waals surface area contributed by atoms with Gasteiger partial charge in [-0.15, -0.1) is 0 Å². The Morgan fingerprint density at radius 2 is 0.900 bits per heavy atom. The summed E-state index contributed by atoms with van der Waals surface area (Å²) < 4.78 is 1.23. The molecule has 2 aromatic rings. The zero-order valence-electron chi connectivity index (χ0n) is 19.6. The molecule has 30 heavy (non-hydrogen) atoms. The van der Waals surface area contributed by atoms with Gasteiger partial charge in [-0.25, -0.2) is 0 Å². The Kier molecular flexibility index (Phi) is 6.93. The van der Waals surface area contributed by atoms with Gasteiger partial charge in [0, 0.05) is 0 Å². The Morgan fingerprint density at radius 3 is 1.23 bits per heavy atom. The van der Waals surface area contributed by atoms with E-state index in [-0.39, 0.29) is 24.8 Å². The van der Waals surface area contributed by atoms with Crippen molar-refractivity contribution in [3.63, 3.8) is 0 Å². The van der Waals surface area contributed by atoms with E-state index in [0.717, 1.165) is 0 Å². The predicted molar refractivity (Wildman–Crippen MR) is 125 cm³/mol. The van der Waals surface area contributed by atoms with E-state index in [1.807, 2.05) is 0 Å². The third kappa shape index (κ3) is 3.55. The molecule has 2 atom stereocenters. The molecule has 0 aliphatic heterocycles. The molecule has 0 fully saturated rings. The molecule has 0 aromatic heterocycles. The number of halogens is 2. The number of fused-ring (bicyclic) bond motifs is 2. The molecule has 0 radical (unpaired) electrons. The van der Waals surface area contributed by atoms with E-state index in [0.29, 0.717) is 8.45 Å². The van der Waals surface area contributed by atoms with Crippen molar-refractivity contribution in [2.45, 2.75) is 60.4 Å². The summed E-state index contributed by atoms with van der Waals surface area (Å²) in [5, 5.41) is 5.43. The van der Waals surface area contributed by atoms with Crippen molar-refractivity contribution in [1.29, 1.82) is 0 Å². The van der Waals surface area contributed by atoms with Crippen LogP contribution in [0.2, 0.25) is 10.5 Å². The molecular weight excluding hydrogens is 459 g/mol. The SMILES string of the molecule is CC1=Cc2c(C)ccc(C)c2[CH]1[Ti+2]([CH3])([CH3])(=[SiH2])[CH]1C(C)=Cc2c(C)ccc(C)c21.[Cl-].[Cl-]. The molecule has 160 valence electrons. The fourth-order valence-electron chi connectivity index (χ4n) is 6.55. The Bertz CT molecular complexity index is 1080. The largest absolute Gasteiger partial charge is 1.00 e. The second-order valence-electron chi connectivity index (χ2n) is 10.6. The van der Waals surface area contributed by atoms with Crippen LogP contribution in [0.4, 0.5) is 0 Å². The van der Waals surface area contributed by atoms with Gasteiger partial charge in [-0.2, -0.15) is 0 Å². The number of rotatable bonds is 2. The third-order valence-electron chi connectivity index (χ3n) is 7.57. The maximum absolute atomic E-state index is 3.05. The van der Waals surface area contributed by atoms with Gasteiger partial charge in [0.1, 0.15) is 0 Å². The second kappa shape index (κ2) is 8.09. The van der Waals surface area contributed by atoms with Crippen molar-refractivity contribution in [1.82, 2.24) is 0 Å². The molecule has 2 aliphatic carbocycles. The Hall–Kier alpha value is -0.569. The molecule has 4 rings (SSSR count). The van der Waals surface area contributed by atoms with Crippen molar-refractivity contribution in [3.05, 3.63) is 79.9 Å². The average molecular weight is 493 g/mol. The van der Waals surface area contributed by atoms with Crippen molar-refractivity contribution < 1.29 is 38.9 Å². The summed E-state index contributed by atoms with van der Waals surface area (Å²) in [5.74, 6) is 0. The first kappa shape index (κ1) is 25.7. The van der Waals surface area contributed by atoms with E-state index >= 15 is 0 Å². The van der Waals surface area contributed by atoms with Crippen LogP contribution in [0.1, 0.15) is 66.8 Å². The van der Waals surface area contributed by atoms with Gasteiger partial charge in [0.15, 0.2) is 0 Å². The van der Waals surface area contributed by atoms with Gasteiger partial charge < -0.3 is 24.8 Å². The normalized spacial score (nSPS) is 19.1. The van der Waals surface area contributed by atoms with E-state index in [9.17, 15) is 0 Å². The van der Waals surface area contributed by atoms with Crippen LogP contribution in [0, 0.1) is 27.7 Å². The Morgan fingerprint density at radius 1 is 0.600 bits per heavy atom. The Labute approximate surface area is 198 Å². The molecule has 0 heterocycles. The molecule has 0 nitrogen and oxygen atoms in total. The maximum atomic E-state index is 2.72. The molecule has 2 aliphatic rings. The second-order valence-corrected chi connectivity index (χ2v) is 30.8. The van der Waals surface area contributed by atoms with E-state index in [2.05, 4.69) is 96.0 Å². The summed E-state index contributed by atoms with van der Waals surface area (Å²) in [6.07, 6.45) is 5.01. The minimum atomic E-state index is -3.05. The van der Waals surface area contributed by atoms with Gasteiger partial charge in [-0.3, -0.25) is 0 Å². The number of hydrogen-bond donors (Lipinski definition) is 0. The van der Waals surface area contributed by atoms with Crippen LogP contribution in [-0.2, 0) is 14.0 Å². The van der Waals surface area contributed by atoms with Gasteiger partial charge in [0.25, 0.3) is 0 Å². The van der Waals surface area contributed by atoms with Crippen LogP contribution >= 0.6 is 0 Å². The van der Waals surface area contributed by atoms with E-state index in [1.54, 1.807) is 22.3 Å². The summed E-state index contributed by atoms with van der Waals surface area (Å²) in [5.41, 5.74) is 15.3. The Balaban J connectivity index is 0.00000160. The quantitative estimate of drug-likeness (QED) is 0.546. The summed E-state index contributed by atoms with van der Waals surface area (Å²) >= 11 is -3.05. The van der Waals surface area contributed by atoms with Gasteiger partial charge in [0.2, 0.25) is 0 Å². The first-order valence-electron chi connectivity index (χ1n) is 10.6. The molecule has 0 N–H and O–H groups in total. The van der Waals surface area contributed by atoms with E-state index in [1.165, 1.54) is 33.4 Å². The van der Waals surface area contributed by atoms with Crippen LogP contribution in [-0.4, -0.2) is 7.63 Å². The minimum Gasteiger partial charge on any atom is -1.00 e. The summed E-state index contributed by atoms with van der Waals surface area (Å²) in [6.45, 7) is 14.0. The van der Waals surface area contributed by atoms with Crippen LogP contribution < -0.4 is 24.8 Å². The molecule has 0 amide bonds. The molecule has 0 bridgehead atoms. The molecule has 2 unspecified atom stereocenters. The summed E-state index contributed by atoms with van der Waals surface area (Å²) in [7, 11) is 2.42. The average Bonchev–Trinajstić information content (AvgIpc) is 3.14. The summed E-state index contributed by atoms with van der Waals surface area (Å²) in [6, 6.07) is 9.30. The predicted octanol–water partition coefficient (Wildman–Crippen LogP) is 0.878. The fourth-order valence-corrected chi connectivity index (χ4v) is 20.5. The van der Waals surface area contributed by atoms with Gasteiger partial charge in [0.05, 0.1) is 0 Å². The molecular formula is C26H34Cl2SiTi. The fraction of sp³-hybridized carbons (Fsp3) is 0.385. The van der Waals surface area contributed by atoms with Crippen LogP contribution in [0.15, 0.2) is 35.4 Å². The van der Waals surface area contributed by atoms with Crippen LogP contribution in [0.25, 0.3) is 12.2 Å². The standard InChI is InChI=1S/2C12H13.2CH3.2ClH.H2Si.Ti/c2*1-8-6-11-9(2)4-5-10(3)12(11)7-8;;;;;;/h2*4-7H,1-3H3;2*1H3;2*1H;1H2;/q;;;;;;;+2/p-2. The monoisotopic (exact) mass is 492 g/mol. The zero-order chi connectivity index (χ0) is 20.6. The number of benzene rings is 2. The molecule has 4 heteroatoms. The third-order valence-corrected chi connectivity index (χ3v) is 19.2. The first-order valence-corrected chi connectivity index (χ1v) is 19.5. The van der Waals surface area contributed by atoms with Gasteiger partial charge in [-0.05, 0) is 0 Å². The van der Waals surface area contributed by atoms with E-state index in [4.69, 9.17) is 0 Å². The smallest absolute Gasteiger partial charge is 1.00 e. The van der Waals surface area contributed by atoms with Crippen molar-refractivity contribution in [2.75, 3.05) is 0 Å².